The van der Waals surface area contributed by atoms with Crippen LogP contribution in [0, 0.1) is 5.92 Å². The summed E-state index contributed by atoms with van der Waals surface area (Å²) in [6.45, 7) is 7.89. The highest BCUT2D eigenvalue weighted by atomic mass is 16.5. The first-order valence-electron chi connectivity index (χ1n) is 6.04. The van der Waals surface area contributed by atoms with Crippen molar-refractivity contribution >= 4 is 5.97 Å². The molecule has 0 saturated heterocycles. The molecule has 0 heterocycles. The molecule has 0 aliphatic heterocycles. The fourth-order valence-corrected chi connectivity index (χ4v) is 1.52. The van der Waals surface area contributed by atoms with Crippen molar-refractivity contribution in [1.82, 2.24) is 5.32 Å². The quantitative estimate of drug-likeness (QED) is 0.612. The largest absolute Gasteiger partial charge is 0.465 e. The number of nitrogens with one attached hydrogen (secondary N) is 1. The second-order valence-corrected chi connectivity index (χ2v) is 4.06. The first-order chi connectivity index (χ1) is 7.65. The summed E-state index contributed by atoms with van der Waals surface area (Å²) in [4.78, 5) is 11.6. The molecule has 2 atom stereocenters. The summed E-state index contributed by atoms with van der Waals surface area (Å²) in [5.74, 6) is 0.257. The van der Waals surface area contributed by atoms with Crippen LogP contribution >= 0.6 is 0 Å². The molecule has 2 unspecified atom stereocenters. The van der Waals surface area contributed by atoms with Crippen LogP contribution in [0.25, 0.3) is 0 Å². The molecule has 96 valence electrons. The maximum absolute atomic E-state index is 11.6. The van der Waals surface area contributed by atoms with Crippen LogP contribution in [0.2, 0.25) is 0 Å². The molecule has 16 heavy (non-hydrogen) atoms. The van der Waals surface area contributed by atoms with E-state index in [1.54, 1.807) is 7.11 Å². The Morgan fingerprint density at radius 2 is 2.06 bits per heavy atom. The summed E-state index contributed by atoms with van der Waals surface area (Å²) in [7, 11) is 1.69. The Labute approximate surface area is 98.7 Å². The molecule has 1 N–H and O–H groups in total. The summed E-state index contributed by atoms with van der Waals surface area (Å²) >= 11 is 0. The first kappa shape index (κ1) is 15.4. The Morgan fingerprint density at radius 1 is 1.38 bits per heavy atom. The third-order valence-corrected chi connectivity index (χ3v) is 2.31. The van der Waals surface area contributed by atoms with E-state index >= 15 is 0 Å². The van der Waals surface area contributed by atoms with E-state index in [1.807, 2.05) is 6.92 Å². The van der Waals surface area contributed by atoms with Crippen LogP contribution in [0.1, 0.15) is 33.6 Å². The Hall–Kier alpha value is -0.610. The van der Waals surface area contributed by atoms with E-state index in [4.69, 9.17) is 9.47 Å². The number of hydrogen-bond donors (Lipinski definition) is 1. The van der Waals surface area contributed by atoms with Crippen molar-refractivity contribution in [2.24, 2.45) is 5.92 Å². The Balaban J connectivity index is 3.97. The highest BCUT2D eigenvalue weighted by Gasteiger charge is 2.18. The van der Waals surface area contributed by atoms with E-state index in [-0.39, 0.29) is 12.0 Å². The average Bonchev–Trinajstić information content (AvgIpc) is 2.24. The van der Waals surface area contributed by atoms with E-state index in [0.29, 0.717) is 19.1 Å². The normalized spacial score (nSPS) is 14.5. The minimum absolute atomic E-state index is 0.144. The Bertz CT molecular complexity index is 185. The van der Waals surface area contributed by atoms with Gasteiger partial charge in [-0.05, 0) is 19.3 Å². The second-order valence-electron chi connectivity index (χ2n) is 4.06. The van der Waals surface area contributed by atoms with Crippen LogP contribution in [0.4, 0.5) is 0 Å². The molecule has 0 fully saturated rings. The summed E-state index contributed by atoms with van der Waals surface area (Å²) in [6.07, 6.45) is 1.79. The molecule has 0 aromatic heterocycles. The topological polar surface area (TPSA) is 47.6 Å². The molecule has 0 bridgehead atoms. The molecule has 0 aliphatic rings. The molecule has 0 amide bonds. The lowest BCUT2D eigenvalue weighted by Crippen LogP contribution is -2.40. The van der Waals surface area contributed by atoms with Crippen LogP contribution in [0.15, 0.2) is 0 Å². The molecular formula is C12H25NO3. The monoisotopic (exact) mass is 231 g/mol. The molecular weight excluding hydrogens is 206 g/mol. The molecule has 0 saturated carbocycles. The van der Waals surface area contributed by atoms with Crippen molar-refractivity contribution < 1.29 is 14.3 Å². The van der Waals surface area contributed by atoms with Gasteiger partial charge in [-0.3, -0.25) is 4.79 Å². The second kappa shape index (κ2) is 9.60. The molecule has 0 spiro atoms. The minimum atomic E-state index is -0.177. The van der Waals surface area contributed by atoms with Crippen molar-refractivity contribution in [3.63, 3.8) is 0 Å². The van der Waals surface area contributed by atoms with Gasteiger partial charge in [0.25, 0.3) is 0 Å². The lowest BCUT2D eigenvalue weighted by Gasteiger charge is -2.19. The molecule has 0 aromatic carbocycles. The van der Waals surface area contributed by atoms with E-state index < -0.39 is 0 Å². The van der Waals surface area contributed by atoms with Crippen molar-refractivity contribution in [1.29, 1.82) is 0 Å². The maximum atomic E-state index is 11.6. The molecule has 0 rings (SSSR count). The fourth-order valence-electron chi connectivity index (χ4n) is 1.52. The summed E-state index contributed by atoms with van der Waals surface area (Å²) in [6, 6.07) is -0.177. The van der Waals surface area contributed by atoms with Crippen molar-refractivity contribution in [2.75, 3.05) is 26.9 Å². The number of ether oxygens (including phenoxy) is 2. The molecule has 0 radical (unpaired) electrons. The number of rotatable bonds is 9. The van der Waals surface area contributed by atoms with Gasteiger partial charge in [-0.2, -0.15) is 0 Å². The molecule has 0 aliphatic carbocycles. The van der Waals surface area contributed by atoms with Crippen LogP contribution < -0.4 is 5.32 Å². The van der Waals surface area contributed by atoms with Crippen LogP contribution in [-0.4, -0.2) is 38.9 Å². The van der Waals surface area contributed by atoms with E-state index in [9.17, 15) is 4.79 Å². The van der Waals surface area contributed by atoms with E-state index in [1.165, 1.54) is 0 Å². The Kier molecular flexibility index (Phi) is 9.24. The molecule has 0 aromatic rings. The number of esters is 1. The van der Waals surface area contributed by atoms with Crippen LogP contribution in [0.3, 0.4) is 0 Å². The van der Waals surface area contributed by atoms with Crippen molar-refractivity contribution in [3.8, 4) is 0 Å². The fraction of sp³-hybridized carbons (Fsp3) is 0.917. The summed E-state index contributed by atoms with van der Waals surface area (Å²) < 4.78 is 10.1. The van der Waals surface area contributed by atoms with Crippen LogP contribution in [-0.2, 0) is 14.3 Å². The van der Waals surface area contributed by atoms with Crippen molar-refractivity contribution in [2.45, 2.75) is 39.7 Å². The van der Waals surface area contributed by atoms with Gasteiger partial charge in [0.1, 0.15) is 6.04 Å². The third-order valence-electron chi connectivity index (χ3n) is 2.31. The average molecular weight is 231 g/mol. The number of hydrogen-bond acceptors (Lipinski definition) is 4. The molecule has 4 nitrogen and oxygen atoms in total. The first-order valence-corrected chi connectivity index (χ1v) is 6.04. The van der Waals surface area contributed by atoms with Gasteiger partial charge in [-0.1, -0.05) is 20.3 Å². The molecule has 4 heteroatoms. The van der Waals surface area contributed by atoms with E-state index in [0.717, 1.165) is 19.4 Å². The smallest absolute Gasteiger partial charge is 0.323 e. The van der Waals surface area contributed by atoms with Gasteiger partial charge < -0.3 is 14.8 Å². The predicted molar refractivity (Wildman–Crippen MR) is 64.4 cm³/mol. The van der Waals surface area contributed by atoms with Gasteiger partial charge in [-0.15, -0.1) is 0 Å². The number of carbonyl (C=O) groups is 1. The summed E-state index contributed by atoms with van der Waals surface area (Å²) in [5, 5.41) is 3.24. The van der Waals surface area contributed by atoms with Gasteiger partial charge in [0.2, 0.25) is 0 Å². The lowest BCUT2D eigenvalue weighted by molar-refractivity contribution is -0.145. The highest BCUT2D eigenvalue weighted by molar-refractivity contribution is 5.75. The third kappa shape index (κ3) is 6.80. The lowest BCUT2D eigenvalue weighted by atomic mass is 10.1. The van der Waals surface area contributed by atoms with Gasteiger partial charge in [0, 0.05) is 20.3 Å². The predicted octanol–water partition coefficient (Wildman–Crippen LogP) is 1.59. The number of carbonyl (C=O) groups excluding carboxylic acids is 1. The van der Waals surface area contributed by atoms with Gasteiger partial charge in [0.05, 0.1) is 6.61 Å². The van der Waals surface area contributed by atoms with Gasteiger partial charge in [0.15, 0.2) is 0 Å². The highest BCUT2D eigenvalue weighted by Crippen LogP contribution is 2.01. The number of methoxy groups -OCH3 is 1. The van der Waals surface area contributed by atoms with E-state index in [2.05, 4.69) is 19.2 Å². The zero-order chi connectivity index (χ0) is 12.4. The van der Waals surface area contributed by atoms with Crippen LogP contribution in [0.5, 0.6) is 0 Å². The standard InChI is InChI=1S/C12H25NO3/c1-5-7-11(12(14)16-6-2)13-8-10(3)9-15-4/h10-11,13H,5-9H2,1-4H3. The Morgan fingerprint density at radius 3 is 2.56 bits per heavy atom. The zero-order valence-corrected chi connectivity index (χ0v) is 10.9. The van der Waals surface area contributed by atoms with Gasteiger partial charge >= 0.3 is 5.97 Å². The summed E-state index contributed by atoms with van der Waals surface area (Å²) in [5.41, 5.74) is 0. The minimum Gasteiger partial charge on any atom is -0.465 e. The zero-order valence-electron chi connectivity index (χ0n) is 10.9. The van der Waals surface area contributed by atoms with Crippen molar-refractivity contribution in [3.05, 3.63) is 0 Å². The van der Waals surface area contributed by atoms with Gasteiger partial charge in [-0.25, -0.2) is 0 Å². The SMILES string of the molecule is CCCC(NCC(C)COC)C(=O)OCC. The maximum Gasteiger partial charge on any atom is 0.323 e.